The zero-order valence-corrected chi connectivity index (χ0v) is 30.1. The average Bonchev–Trinajstić information content (AvgIpc) is 3.69. The third-order valence-corrected chi connectivity index (χ3v) is 10.1. The first-order valence-electron chi connectivity index (χ1n) is 17.8. The van der Waals surface area contributed by atoms with Crippen molar-refractivity contribution in [2.75, 3.05) is 26.3 Å². The number of likely N-dealkylation sites (tertiary alicyclic amines) is 1. The van der Waals surface area contributed by atoms with Gasteiger partial charge in [-0.2, -0.15) is 0 Å². The van der Waals surface area contributed by atoms with Crippen LogP contribution in [0.2, 0.25) is 0 Å². The van der Waals surface area contributed by atoms with Crippen LogP contribution in [0.1, 0.15) is 97.6 Å². The van der Waals surface area contributed by atoms with Gasteiger partial charge in [0.15, 0.2) is 0 Å². The Hall–Kier alpha value is -3.50. The summed E-state index contributed by atoms with van der Waals surface area (Å²) in [7, 11) is 0. The zero-order chi connectivity index (χ0) is 36.0. The van der Waals surface area contributed by atoms with E-state index in [0.717, 1.165) is 12.0 Å². The predicted molar refractivity (Wildman–Crippen MR) is 188 cm³/mol. The second kappa shape index (κ2) is 16.0. The Kier molecular flexibility index (Phi) is 12.5. The maximum absolute atomic E-state index is 14.9. The first-order valence-corrected chi connectivity index (χ1v) is 17.8. The molecule has 3 amide bonds. The van der Waals surface area contributed by atoms with E-state index in [1.807, 2.05) is 49.1 Å². The number of fused-ring (bicyclic) bond motifs is 1. The first kappa shape index (κ1) is 38.3. The van der Waals surface area contributed by atoms with Crippen molar-refractivity contribution in [1.29, 1.82) is 0 Å². The molecule has 3 saturated heterocycles. The van der Waals surface area contributed by atoms with Crippen molar-refractivity contribution in [2.24, 2.45) is 17.3 Å². The Morgan fingerprint density at radius 1 is 1.12 bits per heavy atom. The van der Waals surface area contributed by atoms with Crippen molar-refractivity contribution in [3.63, 3.8) is 0 Å². The van der Waals surface area contributed by atoms with Gasteiger partial charge in [0, 0.05) is 31.7 Å². The van der Waals surface area contributed by atoms with Gasteiger partial charge in [0.05, 0.1) is 24.0 Å². The van der Waals surface area contributed by atoms with Crippen LogP contribution in [-0.4, -0.2) is 88.2 Å². The van der Waals surface area contributed by atoms with E-state index in [2.05, 4.69) is 39.2 Å². The lowest BCUT2D eigenvalue weighted by Crippen LogP contribution is -2.61. The molecule has 0 aliphatic carbocycles. The molecule has 0 saturated carbocycles. The van der Waals surface area contributed by atoms with E-state index in [-0.39, 0.29) is 48.7 Å². The fraction of sp³-hybridized carbons (Fsp3) is 0.641. The summed E-state index contributed by atoms with van der Waals surface area (Å²) in [6.45, 7) is 18.7. The van der Waals surface area contributed by atoms with E-state index in [4.69, 9.17) is 9.47 Å². The molecule has 49 heavy (non-hydrogen) atoms. The number of nitrogens with one attached hydrogen (secondary N) is 1. The standard InChI is InChI=1S/C39H57N3O7/c1-8-10-19-30(44)48-25-28(27-17-13-11-14-18-27)40-34(45)31-29-20-21-39(49-29)32(31)35(46)41(23-15-12-16-24-43)33(39)36(47)42(22-9-2)38(6,7)26-37(3,4)5/h8-9,11,13-14,17-18,28-29,31-33,43H,1-2,10,12,15-16,19-26H2,3-7H3,(H,40,45)/t28-,29+,31-,32-,33+,39-/m0/s1. The number of aliphatic hydroxyl groups excluding tert-OH is 1. The number of esters is 1. The summed E-state index contributed by atoms with van der Waals surface area (Å²) >= 11 is 0. The summed E-state index contributed by atoms with van der Waals surface area (Å²) in [5, 5.41) is 12.5. The highest BCUT2D eigenvalue weighted by atomic mass is 16.5. The van der Waals surface area contributed by atoms with Crippen LogP contribution >= 0.6 is 0 Å². The van der Waals surface area contributed by atoms with Crippen molar-refractivity contribution in [1.82, 2.24) is 15.1 Å². The normalized spacial score (nSPS) is 25.1. The van der Waals surface area contributed by atoms with E-state index >= 15 is 0 Å². The van der Waals surface area contributed by atoms with Gasteiger partial charge in [-0.3, -0.25) is 19.2 Å². The number of allylic oxidation sites excluding steroid dienone is 1. The third-order valence-electron chi connectivity index (χ3n) is 10.1. The molecule has 1 aromatic carbocycles. The van der Waals surface area contributed by atoms with Crippen molar-refractivity contribution in [2.45, 2.75) is 115 Å². The predicted octanol–water partition coefficient (Wildman–Crippen LogP) is 5.12. The molecule has 3 aliphatic heterocycles. The quantitative estimate of drug-likeness (QED) is 0.125. The Labute approximate surface area is 292 Å². The Morgan fingerprint density at radius 2 is 1.84 bits per heavy atom. The summed E-state index contributed by atoms with van der Waals surface area (Å²) in [4.78, 5) is 59.6. The molecule has 2 N–H and O–H groups in total. The molecule has 6 atom stereocenters. The minimum absolute atomic E-state index is 0.0517. The van der Waals surface area contributed by atoms with Gasteiger partial charge in [-0.25, -0.2) is 0 Å². The molecular weight excluding hydrogens is 622 g/mol. The Morgan fingerprint density at radius 3 is 2.47 bits per heavy atom. The van der Waals surface area contributed by atoms with Gasteiger partial charge in [-0.15, -0.1) is 13.2 Å². The molecule has 3 fully saturated rings. The van der Waals surface area contributed by atoms with E-state index < -0.39 is 41.2 Å². The lowest BCUT2D eigenvalue weighted by atomic mass is 9.70. The van der Waals surface area contributed by atoms with Crippen LogP contribution in [0.4, 0.5) is 0 Å². The van der Waals surface area contributed by atoms with Gasteiger partial charge in [0.1, 0.15) is 18.2 Å². The summed E-state index contributed by atoms with van der Waals surface area (Å²) in [5.74, 6) is -2.82. The fourth-order valence-corrected chi connectivity index (χ4v) is 8.49. The van der Waals surface area contributed by atoms with Crippen LogP contribution in [0.5, 0.6) is 0 Å². The molecule has 3 aliphatic rings. The number of carbonyl (C=O) groups excluding carboxylic acids is 4. The van der Waals surface area contributed by atoms with E-state index in [1.54, 1.807) is 17.1 Å². The van der Waals surface area contributed by atoms with Gasteiger partial charge in [0.25, 0.3) is 0 Å². The third kappa shape index (κ3) is 8.46. The lowest BCUT2D eigenvalue weighted by molar-refractivity contribution is -0.153. The number of benzene rings is 1. The molecule has 10 nitrogen and oxygen atoms in total. The number of aliphatic hydroxyl groups is 1. The molecule has 2 bridgehead atoms. The van der Waals surface area contributed by atoms with Gasteiger partial charge in [-0.05, 0) is 69.8 Å². The van der Waals surface area contributed by atoms with Crippen LogP contribution in [0, 0.1) is 17.3 Å². The SMILES string of the molecule is C=CCCC(=O)OC[C@H](NC(=O)[C@@H]1[C@H]2C(=O)N(CCCCCO)[C@H](C(=O)N(CC=C)C(C)(C)CC(C)(C)C)[C@]23CC[C@H]1O3)c1ccccc1. The van der Waals surface area contributed by atoms with Crippen LogP contribution in [-0.2, 0) is 28.7 Å². The molecule has 4 rings (SSSR count). The first-order chi connectivity index (χ1) is 23.2. The topological polar surface area (TPSA) is 125 Å². The van der Waals surface area contributed by atoms with Gasteiger partial charge in [0.2, 0.25) is 17.7 Å². The lowest BCUT2D eigenvalue weighted by Gasteiger charge is -2.45. The highest BCUT2D eigenvalue weighted by Crippen LogP contribution is 2.59. The number of ether oxygens (including phenoxy) is 2. The highest BCUT2D eigenvalue weighted by molar-refractivity contribution is 5.99. The number of unbranched alkanes of at least 4 members (excludes halogenated alkanes) is 2. The molecule has 0 radical (unpaired) electrons. The summed E-state index contributed by atoms with van der Waals surface area (Å²) < 4.78 is 12.3. The smallest absolute Gasteiger partial charge is 0.306 e. The second-order valence-corrected chi connectivity index (χ2v) is 15.6. The maximum Gasteiger partial charge on any atom is 0.306 e. The molecule has 1 aromatic rings. The monoisotopic (exact) mass is 679 g/mol. The molecule has 0 aromatic heterocycles. The average molecular weight is 680 g/mol. The summed E-state index contributed by atoms with van der Waals surface area (Å²) in [6, 6.07) is 7.76. The molecular formula is C39H57N3O7. The van der Waals surface area contributed by atoms with Crippen LogP contribution in [0.15, 0.2) is 55.6 Å². The van der Waals surface area contributed by atoms with Crippen molar-refractivity contribution >= 4 is 23.7 Å². The Balaban J connectivity index is 1.67. The molecule has 0 unspecified atom stereocenters. The van der Waals surface area contributed by atoms with Gasteiger partial charge >= 0.3 is 5.97 Å². The summed E-state index contributed by atoms with van der Waals surface area (Å²) in [6.07, 6.45) is 7.19. The highest BCUT2D eigenvalue weighted by Gasteiger charge is 2.74. The van der Waals surface area contributed by atoms with Gasteiger partial charge < -0.3 is 29.7 Å². The molecule has 3 heterocycles. The van der Waals surface area contributed by atoms with Crippen molar-refractivity contribution in [3.05, 3.63) is 61.2 Å². The van der Waals surface area contributed by atoms with Gasteiger partial charge in [-0.1, -0.05) is 63.3 Å². The van der Waals surface area contributed by atoms with Crippen LogP contribution < -0.4 is 5.32 Å². The van der Waals surface area contributed by atoms with E-state index in [9.17, 15) is 24.3 Å². The molecule has 270 valence electrons. The van der Waals surface area contributed by atoms with Crippen LogP contribution in [0.3, 0.4) is 0 Å². The largest absolute Gasteiger partial charge is 0.463 e. The van der Waals surface area contributed by atoms with Crippen molar-refractivity contribution < 1.29 is 33.8 Å². The Bertz CT molecular complexity index is 1360. The maximum atomic E-state index is 14.9. The van der Waals surface area contributed by atoms with Crippen LogP contribution in [0.25, 0.3) is 0 Å². The number of nitrogens with zero attached hydrogens (tertiary/aromatic N) is 2. The number of hydrogen-bond donors (Lipinski definition) is 2. The number of hydrogen-bond acceptors (Lipinski definition) is 7. The molecule has 10 heteroatoms. The number of carbonyl (C=O) groups is 4. The van der Waals surface area contributed by atoms with E-state index in [1.165, 1.54) is 0 Å². The zero-order valence-electron chi connectivity index (χ0n) is 30.1. The van der Waals surface area contributed by atoms with Crippen molar-refractivity contribution in [3.8, 4) is 0 Å². The van der Waals surface area contributed by atoms with E-state index in [0.29, 0.717) is 51.6 Å². The molecule has 1 spiro atoms. The minimum atomic E-state index is -1.14. The minimum Gasteiger partial charge on any atom is -0.463 e. The number of rotatable bonds is 18. The summed E-state index contributed by atoms with van der Waals surface area (Å²) in [5.41, 5.74) is -0.999. The fourth-order valence-electron chi connectivity index (χ4n) is 8.49. The second-order valence-electron chi connectivity index (χ2n) is 15.6. The number of amides is 3.